The van der Waals surface area contributed by atoms with Gasteiger partial charge in [-0.25, -0.2) is 0 Å². The molecule has 0 heterocycles. The molecule has 2 heteroatoms. The standard InChI is InChI=1S/C14H20O2/c1-10(2)13-8-11(3)7-12(9-13)5-4-6-14(15)16/h7-10H,4-6H2,1-3H3,(H,15,16). The van der Waals surface area contributed by atoms with E-state index in [1.54, 1.807) is 0 Å². The van der Waals surface area contributed by atoms with Gasteiger partial charge < -0.3 is 5.11 Å². The van der Waals surface area contributed by atoms with Crippen LogP contribution in [0.1, 0.15) is 49.3 Å². The molecule has 16 heavy (non-hydrogen) atoms. The van der Waals surface area contributed by atoms with E-state index >= 15 is 0 Å². The fourth-order valence-electron chi connectivity index (χ4n) is 1.82. The summed E-state index contributed by atoms with van der Waals surface area (Å²) in [4.78, 5) is 10.4. The van der Waals surface area contributed by atoms with Crippen LogP contribution in [0.2, 0.25) is 0 Å². The predicted octanol–water partition coefficient (Wildman–Crippen LogP) is 3.53. The summed E-state index contributed by atoms with van der Waals surface area (Å²) in [6.45, 7) is 6.44. The van der Waals surface area contributed by atoms with E-state index in [2.05, 4.69) is 39.0 Å². The number of benzene rings is 1. The molecule has 2 nitrogen and oxygen atoms in total. The van der Waals surface area contributed by atoms with Crippen LogP contribution in [0.3, 0.4) is 0 Å². The molecule has 0 saturated carbocycles. The fraction of sp³-hybridized carbons (Fsp3) is 0.500. The van der Waals surface area contributed by atoms with Gasteiger partial charge in [0.25, 0.3) is 0 Å². The van der Waals surface area contributed by atoms with Crippen molar-refractivity contribution in [3.63, 3.8) is 0 Å². The van der Waals surface area contributed by atoms with E-state index in [4.69, 9.17) is 5.11 Å². The third-order valence-electron chi connectivity index (χ3n) is 2.68. The lowest BCUT2D eigenvalue weighted by molar-refractivity contribution is -0.137. The molecule has 1 aromatic carbocycles. The van der Waals surface area contributed by atoms with Crippen molar-refractivity contribution in [1.29, 1.82) is 0 Å². The normalized spacial score (nSPS) is 10.8. The Balaban J connectivity index is 2.69. The van der Waals surface area contributed by atoms with Gasteiger partial charge in [-0.2, -0.15) is 0 Å². The largest absolute Gasteiger partial charge is 0.481 e. The van der Waals surface area contributed by atoms with Gasteiger partial charge in [0.2, 0.25) is 0 Å². The molecule has 0 aliphatic rings. The molecule has 88 valence electrons. The van der Waals surface area contributed by atoms with E-state index in [1.807, 2.05) is 0 Å². The first-order chi connectivity index (χ1) is 7.49. The first-order valence-corrected chi connectivity index (χ1v) is 5.81. The number of carboxylic acids is 1. The first kappa shape index (κ1) is 12.8. The lowest BCUT2D eigenvalue weighted by Crippen LogP contribution is -1.97. The van der Waals surface area contributed by atoms with Crippen LogP contribution in [-0.4, -0.2) is 11.1 Å². The predicted molar refractivity (Wildman–Crippen MR) is 65.8 cm³/mol. The number of carbonyl (C=O) groups is 1. The number of carboxylic acid groups (broad SMARTS) is 1. The summed E-state index contributed by atoms with van der Waals surface area (Å²) < 4.78 is 0. The molecule has 0 bridgehead atoms. The van der Waals surface area contributed by atoms with Gasteiger partial charge in [0, 0.05) is 6.42 Å². The molecule has 0 radical (unpaired) electrons. The van der Waals surface area contributed by atoms with Crippen molar-refractivity contribution in [3.8, 4) is 0 Å². The van der Waals surface area contributed by atoms with E-state index in [1.165, 1.54) is 16.7 Å². The highest BCUT2D eigenvalue weighted by Crippen LogP contribution is 2.19. The second kappa shape index (κ2) is 5.69. The number of hydrogen-bond donors (Lipinski definition) is 1. The molecule has 0 fully saturated rings. The van der Waals surface area contributed by atoms with Gasteiger partial charge in [-0.15, -0.1) is 0 Å². The van der Waals surface area contributed by atoms with E-state index < -0.39 is 5.97 Å². The molecular weight excluding hydrogens is 200 g/mol. The quantitative estimate of drug-likeness (QED) is 0.824. The van der Waals surface area contributed by atoms with Crippen LogP contribution in [0.5, 0.6) is 0 Å². The zero-order chi connectivity index (χ0) is 12.1. The monoisotopic (exact) mass is 220 g/mol. The second-order valence-corrected chi connectivity index (χ2v) is 4.65. The number of hydrogen-bond acceptors (Lipinski definition) is 1. The first-order valence-electron chi connectivity index (χ1n) is 5.81. The zero-order valence-electron chi connectivity index (χ0n) is 10.3. The summed E-state index contributed by atoms with van der Waals surface area (Å²) in [6.07, 6.45) is 1.83. The lowest BCUT2D eigenvalue weighted by atomic mass is 9.96. The molecule has 0 unspecified atom stereocenters. The topological polar surface area (TPSA) is 37.3 Å². The van der Waals surface area contributed by atoms with Gasteiger partial charge in [-0.1, -0.05) is 37.6 Å². The third-order valence-corrected chi connectivity index (χ3v) is 2.68. The Morgan fingerprint density at radius 1 is 1.31 bits per heavy atom. The highest BCUT2D eigenvalue weighted by molar-refractivity contribution is 5.66. The van der Waals surface area contributed by atoms with Crippen LogP contribution in [0.15, 0.2) is 18.2 Å². The van der Waals surface area contributed by atoms with Crippen LogP contribution in [-0.2, 0) is 11.2 Å². The van der Waals surface area contributed by atoms with Gasteiger partial charge in [-0.3, -0.25) is 4.79 Å². The van der Waals surface area contributed by atoms with Crippen LogP contribution < -0.4 is 0 Å². The molecule has 0 aliphatic heterocycles. The minimum Gasteiger partial charge on any atom is -0.481 e. The van der Waals surface area contributed by atoms with Gasteiger partial charge in [0.1, 0.15) is 0 Å². The van der Waals surface area contributed by atoms with Crippen molar-refractivity contribution in [2.45, 2.75) is 46.0 Å². The summed E-state index contributed by atoms with van der Waals surface area (Å²) in [5.74, 6) is -0.185. The summed E-state index contributed by atoms with van der Waals surface area (Å²) in [6, 6.07) is 6.54. The van der Waals surface area contributed by atoms with Gasteiger partial charge in [0.05, 0.1) is 0 Å². The molecule has 0 amide bonds. The molecule has 0 atom stereocenters. The molecule has 0 saturated heterocycles. The Morgan fingerprint density at radius 2 is 2.00 bits per heavy atom. The fourth-order valence-corrected chi connectivity index (χ4v) is 1.82. The van der Waals surface area contributed by atoms with Crippen LogP contribution in [0.4, 0.5) is 0 Å². The van der Waals surface area contributed by atoms with Crippen LogP contribution in [0, 0.1) is 6.92 Å². The SMILES string of the molecule is Cc1cc(CCCC(=O)O)cc(C(C)C)c1. The summed E-state index contributed by atoms with van der Waals surface area (Å²) >= 11 is 0. The average Bonchev–Trinajstić information content (AvgIpc) is 2.16. The van der Waals surface area contributed by atoms with Crippen molar-refractivity contribution in [2.75, 3.05) is 0 Å². The molecule has 0 spiro atoms. The summed E-state index contributed by atoms with van der Waals surface area (Å²) in [5.41, 5.74) is 3.85. The highest BCUT2D eigenvalue weighted by Gasteiger charge is 2.03. The minimum atomic E-state index is -0.711. The van der Waals surface area contributed by atoms with Crippen LogP contribution >= 0.6 is 0 Å². The number of aryl methyl sites for hydroxylation is 2. The average molecular weight is 220 g/mol. The molecule has 1 N–H and O–H groups in total. The van der Waals surface area contributed by atoms with Crippen molar-refractivity contribution < 1.29 is 9.90 Å². The maximum atomic E-state index is 10.4. The summed E-state index contributed by atoms with van der Waals surface area (Å²) in [7, 11) is 0. The van der Waals surface area contributed by atoms with Crippen molar-refractivity contribution in [1.82, 2.24) is 0 Å². The molecule has 1 aromatic rings. The maximum Gasteiger partial charge on any atom is 0.303 e. The smallest absolute Gasteiger partial charge is 0.303 e. The van der Waals surface area contributed by atoms with E-state index in [0.717, 1.165) is 12.8 Å². The maximum absolute atomic E-state index is 10.4. The Bertz CT molecular complexity index is 367. The Labute approximate surface area is 97.3 Å². The van der Waals surface area contributed by atoms with Crippen molar-refractivity contribution in [2.24, 2.45) is 0 Å². The van der Waals surface area contributed by atoms with Gasteiger partial charge in [0.15, 0.2) is 0 Å². The van der Waals surface area contributed by atoms with Gasteiger partial charge in [-0.05, 0) is 36.8 Å². The number of aliphatic carboxylic acids is 1. The second-order valence-electron chi connectivity index (χ2n) is 4.65. The highest BCUT2D eigenvalue weighted by atomic mass is 16.4. The van der Waals surface area contributed by atoms with E-state index in [-0.39, 0.29) is 6.42 Å². The Morgan fingerprint density at radius 3 is 2.56 bits per heavy atom. The molecule has 0 aromatic heterocycles. The lowest BCUT2D eigenvalue weighted by Gasteiger charge is -2.10. The third kappa shape index (κ3) is 4.05. The minimum absolute atomic E-state index is 0.255. The van der Waals surface area contributed by atoms with Gasteiger partial charge >= 0.3 is 5.97 Å². The molecular formula is C14H20O2. The Kier molecular flexibility index (Phi) is 4.53. The summed E-state index contributed by atoms with van der Waals surface area (Å²) in [5, 5.41) is 8.59. The van der Waals surface area contributed by atoms with Crippen molar-refractivity contribution in [3.05, 3.63) is 34.9 Å². The Hall–Kier alpha value is -1.31. The van der Waals surface area contributed by atoms with Crippen molar-refractivity contribution >= 4 is 5.97 Å². The van der Waals surface area contributed by atoms with E-state index in [0.29, 0.717) is 5.92 Å². The number of rotatable bonds is 5. The molecule has 1 rings (SSSR count). The molecule has 0 aliphatic carbocycles. The van der Waals surface area contributed by atoms with E-state index in [9.17, 15) is 4.79 Å². The zero-order valence-corrected chi connectivity index (χ0v) is 10.3. The van der Waals surface area contributed by atoms with Crippen LogP contribution in [0.25, 0.3) is 0 Å².